The van der Waals surface area contributed by atoms with Crippen LogP contribution in [0.1, 0.15) is 31.8 Å². The topological polar surface area (TPSA) is 152 Å². The van der Waals surface area contributed by atoms with E-state index in [4.69, 9.17) is 22.4 Å². The molecule has 0 fully saturated rings. The van der Waals surface area contributed by atoms with Crippen molar-refractivity contribution in [1.29, 1.82) is 0 Å². The maximum atomic E-state index is 11.0. The minimum absolute atomic E-state index is 0.111. The Labute approximate surface area is 157 Å². The van der Waals surface area contributed by atoms with Gasteiger partial charge < -0.3 is 20.4 Å². The van der Waals surface area contributed by atoms with E-state index in [0.29, 0.717) is 0 Å². The molecule has 0 aliphatic rings. The number of thiocarbonyl (C=S) groups is 1. The minimum atomic E-state index is -1.28. The number of hydrogen-bond acceptors (Lipinski definition) is 6. The number of rotatable bonds is 5. The standard InChI is InChI=1S/C17H13N3O6S/c21-13-9(3-1-5-11(13)15(23)24)7-18-17(27)20-19-8-10-4-2-6-12(14(10)22)16(25)26/h1-8,21-22H,(H,20,27)(H,23,24)(H,25,26)/b18-7?,19-8+. The third kappa shape index (κ3) is 4.86. The fourth-order valence-electron chi connectivity index (χ4n) is 1.99. The summed E-state index contributed by atoms with van der Waals surface area (Å²) in [5.41, 5.74) is 2.14. The Balaban J connectivity index is 2.07. The van der Waals surface area contributed by atoms with E-state index in [1.54, 1.807) is 0 Å². The first-order chi connectivity index (χ1) is 12.8. The summed E-state index contributed by atoms with van der Waals surface area (Å²) in [5.74, 6) is -3.45. The van der Waals surface area contributed by atoms with Gasteiger partial charge in [-0.1, -0.05) is 12.1 Å². The molecular weight excluding hydrogens is 374 g/mol. The summed E-state index contributed by atoms with van der Waals surface area (Å²) in [4.78, 5) is 25.7. The molecule has 0 unspecified atom stereocenters. The van der Waals surface area contributed by atoms with Gasteiger partial charge in [0.1, 0.15) is 22.6 Å². The maximum absolute atomic E-state index is 11.0. The molecule has 0 aliphatic heterocycles. The summed E-state index contributed by atoms with van der Waals surface area (Å²) in [7, 11) is 0. The molecule has 5 N–H and O–H groups in total. The zero-order valence-electron chi connectivity index (χ0n) is 13.5. The van der Waals surface area contributed by atoms with Crippen LogP contribution >= 0.6 is 12.2 Å². The Bertz CT molecular complexity index is 971. The van der Waals surface area contributed by atoms with Crippen LogP contribution in [0, 0.1) is 0 Å². The second kappa shape index (κ2) is 8.54. The molecule has 2 aromatic rings. The van der Waals surface area contributed by atoms with Gasteiger partial charge in [-0.3, -0.25) is 5.43 Å². The maximum Gasteiger partial charge on any atom is 0.339 e. The summed E-state index contributed by atoms with van der Waals surface area (Å²) in [5, 5.41) is 41.2. The molecule has 2 rings (SSSR count). The Hall–Kier alpha value is -3.79. The normalized spacial score (nSPS) is 11.0. The van der Waals surface area contributed by atoms with E-state index >= 15 is 0 Å². The molecule has 0 amide bonds. The van der Waals surface area contributed by atoms with Crippen molar-refractivity contribution in [1.82, 2.24) is 5.43 Å². The highest BCUT2D eigenvalue weighted by molar-refractivity contribution is 7.80. The monoisotopic (exact) mass is 387 g/mol. The third-order valence-corrected chi connectivity index (χ3v) is 3.48. The molecule has 0 aliphatic carbocycles. The lowest BCUT2D eigenvalue weighted by Crippen LogP contribution is -2.13. The van der Waals surface area contributed by atoms with Crippen molar-refractivity contribution in [3.05, 3.63) is 58.7 Å². The average Bonchev–Trinajstić information content (AvgIpc) is 2.61. The number of hydrogen-bond donors (Lipinski definition) is 5. The first-order valence-electron chi connectivity index (χ1n) is 7.29. The van der Waals surface area contributed by atoms with Crippen molar-refractivity contribution < 1.29 is 30.0 Å². The molecular formula is C17H13N3O6S. The zero-order chi connectivity index (χ0) is 20.0. The van der Waals surface area contributed by atoms with Crippen LogP contribution in [0.2, 0.25) is 0 Å². The van der Waals surface area contributed by atoms with Crippen LogP contribution in [-0.2, 0) is 0 Å². The number of phenols is 2. The molecule has 2 aromatic carbocycles. The van der Waals surface area contributed by atoms with Crippen LogP contribution in [0.25, 0.3) is 0 Å². The summed E-state index contributed by atoms with van der Waals surface area (Å²) in [6.45, 7) is 0. The molecule has 0 atom stereocenters. The van der Waals surface area contributed by atoms with E-state index in [1.807, 2.05) is 0 Å². The summed E-state index contributed by atoms with van der Waals surface area (Å²) in [6, 6.07) is 8.28. The van der Waals surface area contributed by atoms with E-state index in [0.717, 1.165) is 12.4 Å². The van der Waals surface area contributed by atoms with Crippen LogP contribution < -0.4 is 5.43 Å². The van der Waals surface area contributed by atoms with Crippen molar-refractivity contribution in [3.8, 4) is 11.5 Å². The number of hydrazone groups is 1. The number of carbonyl (C=O) groups is 2. The van der Waals surface area contributed by atoms with Gasteiger partial charge in [0.15, 0.2) is 0 Å². The van der Waals surface area contributed by atoms with Crippen molar-refractivity contribution in [2.24, 2.45) is 10.1 Å². The molecule has 10 heteroatoms. The number of aromatic carboxylic acids is 2. The number of nitrogens with zero attached hydrogens (tertiary/aromatic N) is 2. The van der Waals surface area contributed by atoms with Crippen LogP contribution in [0.5, 0.6) is 11.5 Å². The highest BCUT2D eigenvalue weighted by Gasteiger charge is 2.12. The van der Waals surface area contributed by atoms with E-state index in [-0.39, 0.29) is 27.4 Å². The summed E-state index contributed by atoms with van der Waals surface area (Å²) >= 11 is 4.92. The van der Waals surface area contributed by atoms with Gasteiger partial charge in [0.25, 0.3) is 0 Å². The van der Waals surface area contributed by atoms with Gasteiger partial charge in [-0.2, -0.15) is 5.10 Å². The van der Waals surface area contributed by atoms with Gasteiger partial charge in [0.2, 0.25) is 5.11 Å². The number of carboxylic acids is 2. The number of aliphatic imine (C=N–C) groups is 1. The molecule has 9 nitrogen and oxygen atoms in total. The summed E-state index contributed by atoms with van der Waals surface area (Å²) in [6.07, 6.45) is 2.32. The lowest BCUT2D eigenvalue weighted by atomic mass is 10.1. The fraction of sp³-hybridized carbons (Fsp3) is 0. The van der Waals surface area contributed by atoms with Gasteiger partial charge in [-0.25, -0.2) is 14.6 Å². The number of aromatic hydroxyl groups is 2. The van der Waals surface area contributed by atoms with Crippen molar-refractivity contribution in [2.75, 3.05) is 0 Å². The average molecular weight is 387 g/mol. The van der Waals surface area contributed by atoms with Crippen LogP contribution in [0.4, 0.5) is 0 Å². The van der Waals surface area contributed by atoms with Gasteiger partial charge in [0.05, 0.1) is 6.21 Å². The number of para-hydroxylation sites is 2. The fourth-order valence-corrected chi connectivity index (χ4v) is 2.10. The number of nitrogens with one attached hydrogen (secondary N) is 1. The Morgan fingerprint density at radius 3 is 1.85 bits per heavy atom. The Morgan fingerprint density at radius 2 is 1.37 bits per heavy atom. The quantitative estimate of drug-likeness (QED) is 0.296. The Kier molecular flexibility index (Phi) is 6.18. The van der Waals surface area contributed by atoms with Crippen LogP contribution in [-0.4, -0.2) is 49.9 Å². The van der Waals surface area contributed by atoms with Crippen molar-refractivity contribution in [2.45, 2.75) is 0 Å². The van der Waals surface area contributed by atoms with Crippen LogP contribution in [0.15, 0.2) is 46.5 Å². The molecule has 0 spiro atoms. The lowest BCUT2D eigenvalue weighted by molar-refractivity contribution is 0.0682. The largest absolute Gasteiger partial charge is 0.506 e. The predicted molar refractivity (Wildman–Crippen MR) is 101 cm³/mol. The summed E-state index contributed by atoms with van der Waals surface area (Å²) < 4.78 is 0. The molecule has 0 saturated carbocycles. The van der Waals surface area contributed by atoms with E-state index in [1.165, 1.54) is 36.4 Å². The zero-order valence-corrected chi connectivity index (χ0v) is 14.3. The minimum Gasteiger partial charge on any atom is -0.506 e. The van der Waals surface area contributed by atoms with E-state index in [9.17, 15) is 19.8 Å². The lowest BCUT2D eigenvalue weighted by Gasteiger charge is -2.03. The third-order valence-electron chi connectivity index (χ3n) is 3.28. The van der Waals surface area contributed by atoms with Gasteiger partial charge in [0, 0.05) is 17.3 Å². The molecule has 27 heavy (non-hydrogen) atoms. The molecule has 0 bridgehead atoms. The van der Waals surface area contributed by atoms with Gasteiger partial charge in [-0.05, 0) is 36.5 Å². The Morgan fingerprint density at radius 1 is 0.889 bits per heavy atom. The molecule has 0 saturated heterocycles. The first-order valence-corrected chi connectivity index (χ1v) is 7.69. The second-order valence-corrected chi connectivity index (χ2v) is 5.42. The SMILES string of the molecule is O=C(O)c1cccc(C=NC(=S)N/N=C/c2cccc(C(=O)O)c2O)c1O. The molecule has 0 radical (unpaired) electrons. The molecule has 0 aromatic heterocycles. The number of carboxylic acid groups (broad SMARTS) is 2. The first kappa shape index (κ1) is 19.5. The highest BCUT2D eigenvalue weighted by atomic mass is 32.1. The second-order valence-electron chi connectivity index (χ2n) is 5.03. The van der Waals surface area contributed by atoms with Gasteiger partial charge in [-0.15, -0.1) is 0 Å². The molecule has 0 heterocycles. The van der Waals surface area contributed by atoms with E-state index < -0.39 is 23.4 Å². The molecule has 138 valence electrons. The van der Waals surface area contributed by atoms with Crippen molar-refractivity contribution in [3.63, 3.8) is 0 Å². The van der Waals surface area contributed by atoms with Gasteiger partial charge >= 0.3 is 11.9 Å². The van der Waals surface area contributed by atoms with E-state index in [2.05, 4.69) is 15.5 Å². The smallest absolute Gasteiger partial charge is 0.339 e. The van der Waals surface area contributed by atoms with Crippen LogP contribution in [0.3, 0.4) is 0 Å². The van der Waals surface area contributed by atoms with Crippen molar-refractivity contribution >= 4 is 41.7 Å². The highest BCUT2D eigenvalue weighted by Crippen LogP contribution is 2.21. The predicted octanol–water partition coefficient (Wildman–Crippen LogP) is 1.82. The number of benzene rings is 2.